The van der Waals surface area contributed by atoms with Crippen molar-refractivity contribution >= 4 is 27.5 Å². The number of amides is 1. The quantitative estimate of drug-likeness (QED) is 0.662. The molecular formula is C19H17BrN2O3. The maximum absolute atomic E-state index is 12.4. The topological polar surface area (TPSA) is 64.4 Å². The predicted octanol–water partition coefficient (Wildman–Crippen LogP) is 4.89. The van der Waals surface area contributed by atoms with Gasteiger partial charge in [-0.3, -0.25) is 4.79 Å². The zero-order valence-corrected chi connectivity index (χ0v) is 15.5. The molecule has 3 aromatic rings. The minimum atomic E-state index is -0.194. The summed E-state index contributed by atoms with van der Waals surface area (Å²) in [6.45, 7) is 4.06. The average Bonchev–Trinajstić information content (AvgIpc) is 2.91. The van der Waals surface area contributed by atoms with Gasteiger partial charge < -0.3 is 14.6 Å². The van der Waals surface area contributed by atoms with Gasteiger partial charge >= 0.3 is 0 Å². The second kappa shape index (κ2) is 7.53. The first-order valence-electron chi connectivity index (χ1n) is 7.74. The van der Waals surface area contributed by atoms with E-state index in [9.17, 15) is 4.79 Å². The summed E-state index contributed by atoms with van der Waals surface area (Å²) in [7, 11) is 0. The molecule has 0 aliphatic carbocycles. The van der Waals surface area contributed by atoms with Crippen molar-refractivity contribution in [1.29, 1.82) is 0 Å². The second-order valence-corrected chi connectivity index (χ2v) is 6.50. The number of anilines is 1. The largest absolute Gasteiger partial charge is 0.489 e. The first-order chi connectivity index (χ1) is 12.0. The van der Waals surface area contributed by atoms with Crippen molar-refractivity contribution in [1.82, 2.24) is 5.16 Å². The Labute approximate surface area is 154 Å². The van der Waals surface area contributed by atoms with Gasteiger partial charge in [-0.2, -0.15) is 0 Å². The minimum Gasteiger partial charge on any atom is -0.489 e. The number of halogens is 1. The summed E-state index contributed by atoms with van der Waals surface area (Å²) in [5.41, 5.74) is 2.97. The van der Waals surface area contributed by atoms with Gasteiger partial charge in [-0.25, -0.2) is 0 Å². The molecule has 0 bridgehead atoms. The third kappa shape index (κ3) is 4.28. The van der Waals surface area contributed by atoms with E-state index >= 15 is 0 Å². The Hall–Kier alpha value is -2.60. The van der Waals surface area contributed by atoms with Gasteiger partial charge in [0.2, 0.25) is 0 Å². The summed E-state index contributed by atoms with van der Waals surface area (Å²) in [4.78, 5) is 12.4. The summed E-state index contributed by atoms with van der Waals surface area (Å²) in [5.74, 6) is 1.16. The molecule has 2 aromatic carbocycles. The van der Waals surface area contributed by atoms with E-state index in [1.165, 1.54) is 0 Å². The molecule has 0 radical (unpaired) electrons. The third-order valence-corrected chi connectivity index (χ3v) is 4.24. The van der Waals surface area contributed by atoms with Crippen molar-refractivity contribution in [3.8, 4) is 5.75 Å². The van der Waals surface area contributed by atoms with Gasteiger partial charge in [0.1, 0.15) is 18.1 Å². The van der Waals surface area contributed by atoms with Crippen molar-refractivity contribution in [2.45, 2.75) is 20.5 Å². The monoisotopic (exact) mass is 400 g/mol. The first kappa shape index (κ1) is 17.2. The molecule has 6 heteroatoms. The standard InChI is InChI=1S/C19H17BrN2O3/c1-12-18(13(2)25-22-12)11-24-17-8-3-5-14(9-17)19(23)21-16-7-4-6-15(20)10-16/h3-10H,11H2,1-2H3,(H,21,23). The molecule has 0 spiro atoms. The van der Waals surface area contributed by atoms with E-state index in [1.54, 1.807) is 18.2 Å². The van der Waals surface area contributed by atoms with Gasteiger partial charge in [0.05, 0.1) is 11.3 Å². The molecule has 0 saturated heterocycles. The summed E-state index contributed by atoms with van der Waals surface area (Å²) in [6.07, 6.45) is 0. The highest BCUT2D eigenvalue weighted by molar-refractivity contribution is 9.10. The molecule has 0 saturated carbocycles. The number of nitrogens with one attached hydrogen (secondary N) is 1. The van der Waals surface area contributed by atoms with Crippen LogP contribution in [-0.4, -0.2) is 11.1 Å². The molecule has 25 heavy (non-hydrogen) atoms. The first-order valence-corrected chi connectivity index (χ1v) is 8.54. The number of aryl methyl sites for hydroxylation is 2. The Morgan fingerprint density at radius 3 is 2.72 bits per heavy atom. The number of rotatable bonds is 5. The number of ether oxygens (including phenoxy) is 1. The Balaban J connectivity index is 1.69. The van der Waals surface area contributed by atoms with Crippen molar-refractivity contribution in [3.63, 3.8) is 0 Å². The highest BCUT2D eigenvalue weighted by atomic mass is 79.9. The number of hydrogen-bond donors (Lipinski definition) is 1. The number of carbonyl (C=O) groups excluding carboxylic acids is 1. The molecule has 1 heterocycles. The van der Waals surface area contributed by atoms with E-state index in [0.29, 0.717) is 17.9 Å². The molecule has 0 fully saturated rings. The van der Waals surface area contributed by atoms with Crippen LogP contribution in [0.1, 0.15) is 27.4 Å². The van der Waals surface area contributed by atoms with Gasteiger partial charge in [0.25, 0.3) is 5.91 Å². The SMILES string of the molecule is Cc1noc(C)c1COc1cccc(C(=O)Nc2cccc(Br)c2)c1. The lowest BCUT2D eigenvalue weighted by Gasteiger charge is -2.09. The highest BCUT2D eigenvalue weighted by Crippen LogP contribution is 2.20. The van der Waals surface area contributed by atoms with Crippen molar-refractivity contribution in [3.05, 3.63) is 75.6 Å². The van der Waals surface area contributed by atoms with E-state index in [0.717, 1.165) is 27.2 Å². The van der Waals surface area contributed by atoms with E-state index in [2.05, 4.69) is 26.4 Å². The van der Waals surface area contributed by atoms with Crippen LogP contribution in [-0.2, 0) is 6.61 Å². The predicted molar refractivity (Wildman–Crippen MR) is 98.8 cm³/mol. The second-order valence-electron chi connectivity index (χ2n) is 5.58. The summed E-state index contributed by atoms with van der Waals surface area (Å²) >= 11 is 3.39. The van der Waals surface area contributed by atoms with Gasteiger partial charge in [-0.05, 0) is 50.2 Å². The zero-order chi connectivity index (χ0) is 17.8. The summed E-state index contributed by atoms with van der Waals surface area (Å²) < 4.78 is 11.8. The molecule has 0 aliphatic heterocycles. The van der Waals surface area contributed by atoms with E-state index in [1.807, 2.05) is 44.2 Å². The average molecular weight is 401 g/mol. The fourth-order valence-electron chi connectivity index (χ4n) is 2.36. The van der Waals surface area contributed by atoms with Crippen LogP contribution in [0, 0.1) is 13.8 Å². The lowest BCUT2D eigenvalue weighted by atomic mass is 10.2. The van der Waals surface area contributed by atoms with Gasteiger partial charge in [-0.15, -0.1) is 0 Å². The molecule has 0 aliphatic rings. The van der Waals surface area contributed by atoms with Gasteiger partial charge in [-0.1, -0.05) is 33.2 Å². The van der Waals surface area contributed by atoms with Crippen molar-refractivity contribution in [2.24, 2.45) is 0 Å². The number of hydrogen-bond acceptors (Lipinski definition) is 4. The maximum Gasteiger partial charge on any atom is 0.255 e. The lowest BCUT2D eigenvalue weighted by Crippen LogP contribution is -2.12. The zero-order valence-electron chi connectivity index (χ0n) is 13.9. The van der Waals surface area contributed by atoms with Crippen LogP contribution in [0.3, 0.4) is 0 Å². The molecule has 0 unspecified atom stereocenters. The van der Waals surface area contributed by atoms with Gasteiger partial charge in [0.15, 0.2) is 0 Å². The number of aromatic nitrogens is 1. The Kier molecular flexibility index (Phi) is 5.19. The lowest BCUT2D eigenvalue weighted by molar-refractivity contribution is 0.102. The molecule has 128 valence electrons. The van der Waals surface area contributed by atoms with Crippen LogP contribution < -0.4 is 10.1 Å². The normalized spacial score (nSPS) is 10.5. The number of benzene rings is 2. The van der Waals surface area contributed by atoms with Crippen LogP contribution in [0.5, 0.6) is 5.75 Å². The van der Waals surface area contributed by atoms with Crippen molar-refractivity contribution in [2.75, 3.05) is 5.32 Å². The molecule has 3 rings (SSSR count). The molecule has 1 aromatic heterocycles. The smallest absolute Gasteiger partial charge is 0.255 e. The van der Waals surface area contributed by atoms with Crippen LogP contribution in [0.2, 0.25) is 0 Å². The van der Waals surface area contributed by atoms with Crippen LogP contribution in [0.4, 0.5) is 5.69 Å². The van der Waals surface area contributed by atoms with Crippen LogP contribution in [0.25, 0.3) is 0 Å². The van der Waals surface area contributed by atoms with Crippen LogP contribution >= 0.6 is 15.9 Å². The maximum atomic E-state index is 12.4. The van der Waals surface area contributed by atoms with Crippen molar-refractivity contribution < 1.29 is 14.1 Å². The van der Waals surface area contributed by atoms with Crippen LogP contribution in [0.15, 0.2) is 57.5 Å². The molecule has 1 amide bonds. The summed E-state index contributed by atoms with van der Waals surface area (Å²) in [5, 5.41) is 6.77. The van der Waals surface area contributed by atoms with Gasteiger partial charge in [0, 0.05) is 15.7 Å². The molecule has 1 N–H and O–H groups in total. The number of carbonyl (C=O) groups is 1. The van der Waals surface area contributed by atoms with E-state index in [4.69, 9.17) is 9.26 Å². The Bertz CT molecular complexity index is 886. The fourth-order valence-corrected chi connectivity index (χ4v) is 2.76. The number of nitrogens with zero attached hydrogens (tertiary/aromatic N) is 1. The minimum absolute atomic E-state index is 0.194. The third-order valence-electron chi connectivity index (χ3n) is 3.74. The molecule has 5 nitrogen and oxygen atoms in total. The Morgan fingerprint density at radius 2 is 2.00 bits per heavy atom. The summed E-state index contributed by atoms with van der Waals surface area (Å²) in [6, 6.07) is 14.5. The Morgan fingerprint density at radius 1 is 1.20 bits per heavy atom. The van der Waals surface area contributed by atoms with E-state index in [-0.39, 0.29) is 5.91 Å². The molecular weight excluding hydrogens is 384 g/mol. The molecule has 0 atom stereocenters. The fraction of sp³-hybridized carbons (Fsp3) is 0.158. The highest BCUT2D eigenvalue weighted by Gasteiger charge is 2.11. The van der Waals surface area contributed by atoms with E-state index < -0.39 is 0 Å².